The second kappa shape index (κ2) is 13.9. The van der Waals surface area contributed by atoms with Crippen LogP contribution in [-0.4, -0.2) is 19.3 Å². The Bertz CT molecular complexity index is 1010. The van der Waals surface area contributed by atoms with Gasteiger partial charge in [-0.25, -0.2) is 0 Å². The van der Waals surface area contributed by atoms with Crippen LogP contribution in [0.3, 0.4) is 0 Å². The summed E-state index contributed by atoms with van der Waals surface area (Å²) in [6, 6.07) is 10.4. The largest absolute Gasteiger partial charge is 0.376 e. The SMILES string of the molecule is CC(C)CCC[C@@H](C)C1CCC2C3CC=C4C[C@@H](OC/C=C/CCOCc5ccccc5)CC[C@]4(C)C3CC[C@@]21C. The fourth-order valence-electron chi connectivity index (χ4n) is 10.1. The third-order valence-electron chi connectivity index (χ3n) is 12.4. The van der Waals surface area contributed by atoms with Gasteiger partial charge < -0.3 is 9.47 Å². The van der Waals surface area contributed by atoms with E-state index in [1.807, 2.05) is 6.07 Å². The highest BCUT2D eigenvalue weighted by Gasteiger charge is 2.59. The van der Waals surface area contributed by atoms with Crippen molar-refractivity contribution in [3.8, 4) is 0 Å². The van der Waals surface area contributed by atoms with Gasteiger partial charge >= 0.3 is 0 Å². The van der Waals surface area contributed by atoms with Crippen molar-refractivity contribution in [1.82, 2.24) is 0 Å². The molecule has 2 heteroatoms. The number of hydrogen-bond acceptors (Lipinski definition) is 2. The molecule has 0 heterocycles. The van der Waals surface area contributed by atoms with Gasteiger partial charge in [-0.15, -0.1) is 0 Å². The smallest absolute Gasteiger partial charge is 0.0717 e. The molecule has 0 amide bonds. The molecule has 0 bridgehead atoms. The van der Waals surface area contributed by atoms with Gasteiger partial charge in [0.15, 0.2) is 0 Å². The molecule has 228 valence electrons. The van der Waals surface area contributed by atoms with Crippen LogP contribution in [0.2, 0.25) is 0 Å². The molecule has 4 aliphatic rings. The maximum Gasteiger partial charge on any atom is 0.0717 e. The molecule has 2 nitrogen and oxygen atoms in total. The minimum Gasteiger partial charge on any atom is -0.376 e. The number of benzene rings is 1. The number of fused-ring (bicyclic) bond motifs is 5. The van der Waals surface area contributed by atoms with E-state index in [1.165, 1.54) is 69.8 Å². The molecule has 1 aromatic carbocycles. The maximum atomic E-state index is 6.39. The van der Waals surface area contributed by atoms with Crippen molar-refractivity contribution >= 4 is 0 Å². The zero-order chi connectivity index (χ0) is 28.9. The lowest BCUT2D eigenvalue weighted by Gasteiger charge is -2.58. The summed E-state index contributed by atoms with van der Waals surface area (Å²) in [4.78, 5) is 0. The molecule has 4 unspecified atom stereocenters. The van der Waals surface area contributed by atoms with E-state index in [2.05, 4.69) is 77.1 Å². The van der Waals surface area contributed by atoms with Crippen LogP contribution < -0.4 is 0 Å². The zero-order valence-corrected chi connectivity index (χ0v) is 27.1. The van der Waals surface area contributed by atoms with Gasteiger partial charge in [0, 0.05) is 0 Å². The lowest BCUT2D eigenvalue weighted by atomic mass is 9.47. The van der Waals surface area contributed by atoms with E-state index in [0.717, 1.165) is 61.6 Å². The van der Waals surface area contributed by atoms with Crippen molar-refractivity contribution in [3.63, 3.8) is 0 Å². The second-order valence-corrected chi connectivity index (χ2v) is 15.3. The summed E-state index contributed by atoms with van der Waals surface area (Å²) in [5, 5.41) is 0. The standard InChI is InChI=1S/C39H60O2/c1-29(2)13-12-14-30(3)35-19-20-36-34-18-17-32-27-33(21-23-38(32,4)37(34)22-24-39(35,36)5)41-26-11-7-10-25-40-28-31-15-8-6-9-16-31/h6-9,11,15-17,29-30,33-37H,10,12-14,18-28H2,1-5H3/b11-7+/t30-,33+,34?,35?,36?,37?,38+,39-/m1/s1. The summed E-state index contributed by atoms with van der Waals surface area (Å²) in [6.45, 7) is 14.9. The monoisotopic (exact) mass is 560 g/mol. The van der Waals surface area contributed by atoms with Crippen LogP contribution in [0.5, 0.6) is 0 Å². The molecular formula is C39H60O2. The molecule has 0 spiro atoms. The van der Waals surface area contributed by atoms with Gasteiger partial charge in [0.05, 0.1) is 25.9 Å². The second-order valence-electron chi connectivity index (χ2n) is 15.3. The van der Waals surface area contributed by atoms with Crippen LogP contribution >= 0.6 is 0 Å². The van der Waals surface area contributed by atoms with Gasteiger partial charge in [-0.05, 0) is 110 Å². The summed E-state index contributed by atoms with van der Waals surface area (Å²) in [5.74, 6) is 5.46. The van der Waals surface area contributed by atoms with Gasteiger partial charge in [-0.1, -0.05) is 108 Å². The molecule has 0 aliphatic heterocycles. The van der Waals surface area contributed by atoms with Crippen LogP contribution in [-0.2, 0) is 16.1 Å². The van der Waals surface area contributed by atoms with E-state index in [1.54, 1.807) is 5.57 Å². The van der Waals surface area contributed by atoms with Crippen molar-refractivity contribution in [2.75, 3.05) is 13.2 Å². The zero-order valence-electron chi connectivity index (χ0n) is 27.1. The summed E-state index contributed by atoms with van der Waals surface area (Å²) in [5.41, 5.74) is 3.98. The number of hydrogen-bond donors (Lipinski definition) is 0. The third-order valence-corrected chi connectivity index (χ3v) is 12.4. The summed E-state index contributed by atoms with van der Waals surface area (Å²) in [6.07, 6.45) is 23.7. The first-order valence-electron chi connectivity index (χ1n) is 17.4. The minimum absolute atomic E-state index is 0.390. The Morgan fingerprint density at radius 2 is 1.76 bits per heavy atom. The first-order chi connectivity index (χ1) is 19.8. The molecule has 8 atom stereocenters. The molecule has 4 aliphatic carbocycles. The molecular weight excluding hydrogens is 500 g/mol. The summed E-state index contributed by atoms with van der Waals surface area (Å²) in [7, 11) is 0. The molecule has 1 aromatic rings. The molecule has 5 rings (SSSR count). The molecule has 0 aromatic heterocycles. The van der Waals surface area contributed by atoms with Crippen LogP contribution in [0, 0.1) is 46.3 Å². The van der Waals surface area contributed by atoms with E-state index in [-0.39, 0.29) is 0 Å². The van der Waals surface area contributed by atoms with Gasteiger partial charge in [0.25, 0.3) is 0 Å². The Balaban J connectivity index is 1.08. The third kappa shape index (κ3) is 7.06. The first-order valence-corrected chi connectivity index (χ1v) is 17.4. The molecule has 0 saturated heterocycles. The maximum absolute atomic E-state index is 6.39. The van der Waals surface area contributed by atoms with Crippen molar-refractivity contribution in [1.29, 1.82) is 0 Å². The lowest BCUT2D eigenvalue weighted by molar-refractivity contribution is -0.0621. The lowest BCUT2D eigenvalue weighted by Crippen LogP contribution is -2.51. The number of allylic oxidation sites excluding steroid dienone is 1. The van der Waals surface area contributed by atoms with Crippen LogP contribution in [0.15, 0.2) is 54.1 Å². The highest BCUT2D eigenvalue weighted by Crippen LogP contribution is 2.67. The average Bonchev–Trinajstić information content (AvgIpc) is 3.32. The van der Waals surface area contributed by atoms with E-state index in [9.17, 15) is 0 Å². The normalized spacial score (nSPS) is 35.7. The molecule has 0 radical (unpaired) electrons. The average molecular weight is 561 g/mol. The van der Waals surface area contributed by atoms with Gasteiger partial charge in [0.1, 0.15) is 0 Å². The topological polar surface area (TPSA) is 18.5 Å². The molecule has 3 saturated carbocycles. The van der Waals surface area contributed by atoms with Crippen LogP contribution in [0.4, 0.5) is 0 Å². The summed E-state index contributed by atoms with van der Waals surface area (Å²) < 4.78 is 12.2. The summed E-state index contributed by atoms with van der Waals surface area (Å²) >= 11 is 0. The fourth-order valence-corrected chi connectivity index (χ4v) is 10.1. The Morgan fingerprint density at radius 1 is 0.927 bits per heavy atom. The van der Waals surface area contributed by atoms with Gasteiger partial charge in [-0.3, -0.25) is 0 Å². The highest BCUT2D eigenvalue weighted by atomic mass is 16.5. The molecule has 41 heavy (non-hydrogen) atoms. The first kappa shape index (κ1) is 31.1. The molecule has 0 N–H and O–H groups in total. The Morgan fingerprint density at radius 3 is 2.56 bits per heavy atom. The predicted molar refractivity (Wildman–Crippen MR) is 173 cm³/mol. The predicted octanol–water partition coefficient (Wildman–Crippen LogP) is 10.6. The Hall–Kier alpha value is -1.38. The Labute approximate surface area is 252 Å². The number of ether oxygens (including phenoxy) is 2. The van der Waals surface area contributed by atoms with E-state index >= 15 is 0 Å². The molecule has 3 fully saturated rings. The van der Waals surface area contributed by atoms with Crippen molar-refractivity contribution < 1.29 is 9.47 Å². The van der Waals surface area contributed by atoms with Crippen LogP contribution in [0.1, 0.15) is 117 Å². The minimum atomic E-state index is 0.390. The fraction of sp³-hybridized carbons (Fsp3) is 0.744. The number of rotatable bonds is 13. The van der Waals surface area contributed by atoms with Gasteiger partial charge in [0.2, 0.25) is 0 Å². The van der Waals surface area contributed by atoms with Gasteiger partial charge in [-0.2, -0.15) is 0 Å². The quantitative estimate of drug-likeness (QED) is 0.176. The van der Waals surface area contributed by atoms with E-state index in [0.29, 0.717) is 23.5 Å². The highest BCUT2D eigenvalue weighted by molar-refractivity contribution is 5.25. The van der Waals surface area contributed by atoms with Crippen molar-refractivity contribution in [2.24, 2.45) is 46.3 Å². The Kier molecular flexibility index (Phi) is 10.6. The van der Waals surface area contributed by atoms with Crippen LogP contribution in [0.25, 0.3) is 0 Å². The van der Waals surface area contributed by atoms with Crippen molar-refractivity contribution in [3.05, 3.63) is 59.7 Å². The van der Waals surface area contributed by atoms with Crippen molar-refractivity contribution in [2.45, 2.75) is 124 Å². The van der Waals surface area contributed by atoms with E-state index < -0.39 is 0 Å². The van der Waals surface area contributed by atoms with E-state index in [4.69, 9.17) is 9.47 Å².